The van der Waals surface area contributed by atoms with Crippen molar-refractivity contribution < 1.29 is 29.4 Å². The molecule has 0 saturated carbocycles. The maximum Gasteiger partial charge on any atom is 0.492 e. The van der Waals surface area contributed by atoms with Crippen molar-refractivity contribution in [3.63, 3.8) is 0 Å². The van der Waals surface area contributed by atoms with Crippen molar-refractivity contribution in [3.05, 3.63) is 18.2 Å². The Morgan fingerprint density at radius 1 is 1.44 bits per heavy atom. The molecule has 0 spiro atoms. The van der Waals surface area contributed by atoms with Crippen LogP contribution in [-0.4, -0.2) is 42.0 Å². The van der Waals surface area contributed by atoms with E-state index in [1.54, 1.807) is 0 Å². The lowest BCUT2D eigenvalue weighted by molar-refractivity contribution is -0.139. The summed E-state index contributed by atoms with van der Waals surface area (Å²) in [7, 11) is -0.291. The molecule has 86 valence electrons. The number of aliphatic carboxylic acids is 1. The third-order valence-corrected chi connectivity index (χ3v) is 1.85. The Morgan fingerprint density at radius 3 is 2.62 bits per heavy atom. The first-order valence-electron chi connectivity index (χ1n) is 4.43. The molecule has 16 heavy (non-hydrogen) atoms. The molecule has 3 N–H and O–H groups in total. The summed E-state index contributed by atoms with van der Waals surface area (Å²) in [4.78, 5) is 10.3. The molecule has 0 saturated heterocycles. The summed E-state index contributed by atoms with van der Waals surface area (Å²) >= 11 is 0. The molecule has 0 aliphatic carbocycles. The first kappa shape index (κ1) is 12.3. The van der Waals surface area contributed by atoms with Crippen molar-refractivity contribution in [2.24, 2.45) is 0 Å². The fraction of sp³-hybridized carbons (Fsp3) is 0.222. The summed E-state index contributed by atoms with van der Waals surface area (Å²) in [6.45, 7) is -0.563. The predicted molar refractivity (Wildman–Crippen MR) is 56.0 cm³/mol. The minimum absolute atomic E-state index is 0.0664. The molecule has 0 aliphatic heterocycles. The second kappa shape index (κ2) is 5.38. The van der Waals surface area contributed by atoms with Gasteiger partial charge in [0.2, 0.25) is 0 Å². The van der Waals surface area contributed by atoms with E-state index >= 15 is 0 Å². The highest BCUT2D eigenvalue weighted by Gasteiger charge is 2.18. The maximum absolute atomic E-state index is 10.3. The van der Waals surface area contributed by atoms with Crippen molar-refractivity contribution in [1.82, 2.24) is 0 Å². The lowest BCUT2D eigenvalue weighted by Crippen LogP contribution is -2.32. The molecule has 0 aromatic heterocycles. The van der Waals surface area contributed by atoms with E-state index in [4.69, 9.17) is 24.6 Å². The summed E-state index contributed by atoms with van der Waals surface area (Å²) in [6, 6.07) is 4.29. The van der Waals surface area contributed by atoms with Gasteiger partial charge in [-0.25, -0.2) is 4.79 Å². The van der Waals surface area contributed by atoms with E-state index in [-0.39, 0.29) is 11.2 Å². The molecule has 1 rings (SSSR count). The van der Waals surface area contributed by atoms with E-state index < -0.39 is 19.7 Å². The highest BCUT2D eigenvalue weighted by atomic mass is 16.5. The molecular formula is C9H11BO6. The topological polar surface area (TPSA) is 96.2 Å². The first-order valence-corrected chi connectivity index (χ1v) is 4.43. The Morgan fingerprint density at radius 2 is 2.12 bits per heavy atom. The summed E-state index contributed by atoms with van der Waals surface area (Å²) < 4.78 is 9.81. The molecule has 1 aromatic carbocycles. The fourth-order valence-electron chi connectivity index (χ4n) is 1.12. The van der Waals surface area contributed by atoms with Crippen LogP contribution in [0.5, 0.6) is 11.5 Å². The summed E-state index contributed by atoms with van der Waals surface area (Å²) in [6.07, 6.45) is 0. The van der Waals surface area contributed by atoms with Gasteiger partial charge in [0, 0.05) is 11.5 Å². The zero-order valence-corrected chi connectivity index (χ0v) is 8.58. The lowest BCUT2D eigenvalue weighted by Gasteiger charge is -2.10. The molecule has 0 aliphatic rings. The van der Waals surface area contributed by atoms with Gasteiger partial charge in [-0.3, -0.25) is 0 Å². The van der Waals surface area contributed by atoms with E-state index in [0.717, 1.165) is 0 Å². The lowest BCUT2D eigenvalue weighted by atomic mass is 9.79. The SMILES string of the molecule is COc1ccc(B(O)O)c(OCC(=O)O)c1. The number of ether oxygens (including phenoxy) is 2. The summed E-state index contributed by atoms with van der Waals surface area (Å²) in [5.41, 5.74) is 0.0852. The smallest absolute Gasteiger partial charge is 0.492 e. The number of rotatable bonds is 5. The van der Waals surface area contributed by atoms with Crippen molar-refractivity contribution in [2.45, 2.75) is 0 Å². The number of carbonyl (C=O) groups is 1. The average Bonchev–Trinajstić information content (AvgIpc) is 2.25. The Balaban J connectivity index is 2.95. The Bertz CT molecular complexity index is 378. The van der Waals surface area contributed by atoms with Crippen LogP contribution in [-0.2, 0) is 4.79 Å². The molecule has 0 heterocycles. The molecule has 7 heteroatoms. The van der Waals surface area contributed by atoms with Crippen molar-refractivity contribution in [1.29, 1.82) is 0 Å². The number of carboxylic acid groups (broad SMARTS) is 1. The van der Waals surface area contributed by atoms with Crippen molar-refractivity contribution >= 4 is 18.6 Å². The summed E-state index contributed by atoms with van der Waals surface area (Å²) in [5, 5.41) is 26.5. The van der Waals surface area contributed by atoms with Crippen LogP contribution in [0.3, 0.4) is 0 Å². The van der Waals surface area contributed by atoms with E-state index in [2.05, 4.69) is 0 Å². The highest BCUT2D eigenvalue weighted by Crippen LogP contribution is 2.17. The largest absolute Gasteiger partial charge is 0.497 e. The van der Waals surface area contributed by atoms with Gasteiger partial charge in [-0.1, -0.05) is 6.07 Å². The zero-order valence-electron chi connectivity index (χ0n) is 8.58. The second-order valence-corrected chi connectivity index (χ2v) is 2.96. The van der Waals surface area contributed by atoms with Crippen LogP contribution >= 0.6 is 0 Å². The zero-order chi connectivity index (χ0) is 12.1. The van der Waals surface area contributed by atoms with Gasteiger partial charge in [-0.2, -0.15) is 0 Å². The van der Waals surface area contributed by atoms with Gasteiger partial charge >= 0.3 is 13.1 Å². The van der Waals surface area contributed by atoms with Crippen LogP contribution in [0, 0.1) is 0 Å². The molecule has 0 fully saturated rings. The predicted octanol–water partition coefficient (Wildman–Crippen LogP) is -1.16. The molecule has 0 amide bonds. The Hall–Kier alpha value is -1.73. The van der Waals surface area contributed by atoms with Crippen LogP contribution in [0.25, 0.3) is 0 Å². The molecule has 0 unspecified atom stereocenters. The van der Waals surface area contributed by atoms with Crippen molar-refractivity contribution in [3.8, 4) is 11.5 Å². The van der Waals surface area contributed by atoms with Gasteiger partial charge in [0.1, 0.15) is 11.5 Å². The standard InChI is InChI=1S/C9H11BO6/c1-15-6-2-3-7(10(13)14)8(4-6)16-5-9(11)12/h2-4,13-14H,5H2,1H3,(H,11,12). The van der Waals surface area contributed by atoms with Gasteiger partial charge in [0.05, 0.1) is 7.11 Å². The summed E-state index contributed by atoms with van der Waals surface area (Å²) in [5.74, 6) is -0.650. The van der Waals surface area contributed by atoms with Crippen LogP contribution in [0.1, 0.15) is 0 Å². The van der Waals surface area contributed by atoms with E-state index in [9.17, 15) is 4.79 Å². The quantitative estimate of drug-likeness (QED) is 0.548. The maximum atomic E-state index is 10.3. The van der Waals surface area contributed by atoms with E-state index in [1.807, 2.05) is 0 Å². The third-order valence-electron chi connectivity index (χ3n) is 1.85. The molecule has 1 aromatic rings. The van der Waals surface area contributed by atoms with E-state index in [0.29, 0.717) is 5.75 Å². The highest BCUT2D eigenvalue weighted by molar-refractivity contribution is 6.59. The van der Waals surface area contributed by atoms with Gasteiger partial charge in [0.25, 0.3) is 0 Å². The number of hydrogen-bond acceptors (Lipinski definition) is 5. The second-order valence-electron chi connectivity index (χ2n) is 2.96. The minimum atomic E-state index is -1.73. The Labute approximate surface area is 92.2 Å². The Kier molecular flexibility index (Phi) is 4.15. The average molecular weight is 226 g/mol. The van der Waals surface area contributed by atoms with Gasteiger partial charge < -0.3 is 24.6 Å². The number of methoxy groups -OCH3 is 1. The van der Waals surface area contributed by atoms with Crippen LogP contribution in [0.2, 0.25) is 0 Å². The normalized spacial score (nSPS) is 9.69. The minimum Gasteiger partial charge on any atom is -0.497 e. The fourth-order valence-corrected chi connectivity index (χ4v) is 1.12. The monoisotopic (exact) mass is 226 g/mol. The van der Waals surface area contributed by atoms with Gasteiger partial charge in [0.15, 0.2) is 6.61 Å². The molecular weight excluding hydrogens is 215 g/mol. The number of hydrogen-bond donors (Lipinski definition) is 3. The number of benzene rings is 1. The number of carboxylic acids is 1. The van der Waals surface area contributed by atoms with Gasteiger partial charge in [-0.15, -0.1) is 0 Å². The van der Waals surface area contributed by atoms with Crippen LogP contribution in [0.4, 0.5) is 0 Å². The van der Waals surface area contributed by atoms with Gasteiger partial charge in [-0.05, 0) is 6.07 Å². The first-order chi connectivity index (χ1) is 7.54. The molecule has 0 bridgehead atoms. The van der Waals surface area contributed by atoms with Crippen LogP contribution < -0.4 is 14.9 Å². The third kappa shape index (κ3) is 3.14. The van der Waals surface area contributed by atoms with Crippen LogP contribution in [0.15, 0.2) is 18.2 Å². The molecule has 0 radical (unpaired) electrons. The van der Waals surface area contributed by atoms with Crippen molar-refractivity contribution in [2.75, 3.05) is 13.7 Å². The van der Waals surface area contributed by atoms with E-state index in [1.165, 1.54) is 25.3 Å². The molecule has 6 nitrogen and oxygen atoms in total. The molecule has 0 atom stereocenters.